The quantitative estimate of drug-likeness (QED) is 0.743. The molecule has 0 amide bonds. The van der Waals surface area contributed by atoms with Gasteiger partial charge in [-0.3, -0.25) is 0 Å². The first-order valence-corrected chi connectivity index (χ1v) is 8.06. The Kier molecular flexibility index (Phi) is 5.42. The Labute approximate surface area is 138 Å². The van der Waals surface area contributed by atoms with Gasteiger partial charge in [-0.2, -0.15) is 0 Å². The first kappa shape index (κ1) is 16.5. The highest BCUT2D eigenvalue weighted by molar-refractivity contribution is 9.10. The molecule has 0 aliphatic rings. The van der Waals surface area contributed by atoms with Crippen LogP contribution < -0.4 is 5.32 Å². The Morgan fingerprint density at radius 2 is 1.81 bits per heavy atom. The molecule has 4 heteroatoms. The average Bonchev–Trinajstić information content (AvgIpc) is 2.43. The van der Waals surface area contributed by atoms with Gasteiger partial charge in [0, 0.05) is 9.50 Å². The maximum atomic E-state index is 13.6. The zero-order chi connectivity index (χ0) is 15.6. The molecule has 2 aromatic carbocycles. The fraction of sp³-hybridized carbons (Fsp3) is 0.294. The predicted octanol–water partition coefficient (Wildman–Crippen LogP) is 5.56. The van der Waals surface area contributed by atoms with Crippen LogP contribution in [-0.2, 0) is 0 Å². The molecule has 1 N–H and O–H groups in total. The van der Waals surface area contributed by atoms with E-state index in [0.29, 0.717) is 5.02 Å². The number of halogens is 3. The van der Waals surface area contributed by atoms with Crippen LogP contribution in [0.2, 0.25) is 5.02 Å². The lowest BCUT2D eigenvalue weighted by Gasteiger charge is -2.22. The fourth-order valence-electron chi connectivity index (χ4n) is 2.35. The van der Waals surface area contributed by atoms with E-state index in [-0.39, 0.29) is 11.9 Å². The van der Waals surface area contributed by atoms with Gasteiger partial charge in [-0.25, -0.2) is 4.39 Å². The van der Waals surface area contributed by atoms with E-state index in [1.165, 1.54) is 11.6 Å². The first-order chi connectivity index (χ1) is 9.93. The van der Waals surface area contributed by atoms with Crippen molar-refractivity contribution in [3.63, 3.8) is 0 Å². The van der Waals surface area contributed by atoms with Crippen molar-refractivity contribution in [2.24, 2.45) is 0 Å². The molecule has 0 radical (unpaired) electrons. The van der Waals surface area contributed by atoms with Crippen LogP contribution in [-0.4, -0.2) is 6.54 Å². The molecule has 0 aliphatic heterocycles. The van der Waals surface area contributed by atoms with Crippen LogP contribution in [0.3, 0.4) is 0 Å². The van der Waals surface area contributed by atoms with Crippen molar-refractivity contribution in [3.8, 4) is 0 Å². The van der Waals surface area contributed by atoms with Gasteiger partial charge in [-0.15, -0.1) is 0 Å². The summed E-state index contributed by atoms with van der Waals surface area (Å²) in [6.45, 7) is 6.87. The lowest BCUT2D eigenvalue weighted by molar-refractivity contribution is 0.601. The number of benzene rings is 2. The lowest BCUT2D eigenvalue weighted by Crippen LogP contribution is -2.23. The molecule has 0 bridgehead atoms. The summed E-state index contributed by atoms with van der Waals surface area (Å²) in [5.41, 5.74) is 4.14. The maximum absolute atomic E-state index is 13.6. The van der Waals surface area contributed by atoms with Gasteiger partial charge >= 0.3 is 0 Å². The number of hydrogen-bond acceptors (Lipinski definition) is 1. The second-order valence-corrected chi connectivity index (χ2v) is 6.38. The highest BCUT2D eigenvalue weighted by Crippen LogP contribution is 2.34. The molecular formula is C17H18BrClFN. The van der Waals surface area contributed by atoms with E-state index in [2.05, 4.69) is 34.2 Å². The van der Waals surface area contributed by atoms with Gasteiger partial charge in [0.25, 0.3) is 0 Å². The number of rotatable bonds is 4. The topological polar surface area (TPSA) is 12.0 Å². The van der Waals surface area contributed by atoms with Crippen molar-refractivity contribution in [2.75, 3.05) is 6.54 Å². The van der Waals surface area contributed by atoms with Gasteiger partial charge in [0.2, 0.25) is 0 Å². The summed E-state index contributed by atoms with van der Waals surface area (Å²) in [5.74, 6) is -0.254. The van der Waals surface area contributed by atoms with Gasteiger partial charge in [0.15, 0.2) is 0 Å². The molecule has 0 saturated heterocycles. The highest BCUT2D eigenvalue weighted by Gasteiger charge is 2.20. The van der Waals surface area contributed by atoms with E-state index in [9.17, 15) is 4.39 Å². The normalized spacial score (nSPS) is 12.5. The first-order valence-electron chi connectivity index (χ1n) is 6.89. The van der Waals surface area contributed by atoms with E-state index in [1.807, 2.05) is 19.9 Å². The number of aryl methyl sites for hydroxylation is 2. The third kappa shape index (κ3) is 3.65. The SMILES string of the molecule is CCNC(c1cc(C)c(C)cc1Cl)c1cc(F)ccc1Br. The Balaban J connectivity index is 2.58. The molecule has 2 aromatic rings. The molecule has 0 spiro atoms. The average molecular weight is 371 g/mol. The molecule has 1 unspecified atom stereocenters. The van der Waals surface area contributed by atoms with Crippen LogP contribution in [0, 0.1) is 19.7 Å². The maximum Gasteiger partial charge on any atom is 0.123 e. The second kappa shape index (κ2) is 6.91. The number of nitrogens with one attached hydrogen (secondary N) is 1. The van der Waals surface area contributed by atoms with Crippen LogP contribution in [0.1, 0.15) is 35.2 Å². The van der Waals surface area contributed by atoms with E-state index < -0.39 is 0 Å². The lowest BCUT2D eigenvalue weighted by atomic mass is 9.95. The van der Waals surface area contributed by atoms with E-state index in [1.54, 1.807) is 12.1 Å². The Morgan fingerprint density at radius 1 is 1.14 bits per heavy atom. The summed E-state index contributed by atoms with van der Waals surface area (Å²) in [6, 6.07) is 8.60. The highest BCUT2D eigenvalue weighted by atomic mass is 79.9. The standard InChI is InChI=1S/C17H18BrClFN/c1-4-21-17(13-9-12(20)5-6-15(13)18)14-7-10(2)11(3)8-16(14)19/h5-9,17,21H,4H2,1-3H3. The van der Waals surface area contributed by atoms with Crippen molar-refractivity contribution in [3.05, 3.63) is 67.9 Å². The van der Waals surface area contributed by atoms with Crippen LogP contribution in [0.25, 0.3) is 0 Å². The summed E-state index contributed by atoms with van der Waals surface area (Å²) >= 11 is 9.93. The summed E-state index contributed by atoms with van der Waals surface area (Å²) in [5, 5.41) is 4.08. The van der Waals surface area contributed by atoms with Crippen molar-refractivity contribution in [2.45, 2.75) is 26.8 Å². The Bertz CT molecular complexity index is 657. The zero-order valence-electron chi connectivity index (χ0n) is 12.3. The molecule has 0 fully saturated rings. The minimum atomic E-state index is -0.254. The molecule has 1 atom stereocenters. The summed E-state index contributed by atoms with van der Waals surface area (Å²) in [6.07, 6.45) is 0. The largest absolute Gasteiger partial charge is 0.306 e. The minimum Gasteiger partial charge on any atom is -0.306 e. The van der Waals surface area contributed by atoms with Crippen molar-refractivity contribution in [1.82, 2.24) is 5.32 Å². The van der Waals surface area contributed by atoms with Crippen LogP contribution in [0.15, 0.2) is 34.8 Å². The molecule has 112 valence electrons. The Hall–Kier alpha value is -0.900. The molecule has 0 saturated carbocycles. The van der Waals surface area contributed by atoms with Crippen molar-refractivity contribution in [1.29, 1.82) is 0 Å². The summed E-state index contributed by atoms with van der Waals surface area (Å²) in [4.78, 5) is 0. The van der Waals surface area contributed by atoms with Gasteiger partial charge in [-0.1, -0.05) is 40.5 Å². The van der Waals surface area contributed by atoms with E-state index >= 15 is 0 Å². The molecule has 21 heavy (non-hydrogen) atoms. The van der Waals surface area contributed by atoms with E-state index in [4.69, 9.17) is 11.6 Å². The van der Waals surface area contributed by atoms with Gasteiger partial charge in [-0.05, 0) is 66.9 Å². The van der Waals surface area contributed by atoms with Gasteiger partial charge in [0.05, 0.1) is 6.04 Å². The minimum absolute atomic E-state index is 0.146. The Morgan fingerprint density at radius 3 is 2.48 bits per heavy atom. The molecule has 2 rings (SSSR count). The molecule has 1 nitrogen and oxygen atoms in total. The van der Waals surface area contributed by atoms with Crippen molar-refractivity contribution < 1.29 is 4.39 Å². The molecule has 0 aliphatic carbocycles. The van der Waals surface area contributed by atoms with Gasteiger partial charge in [0.1, 0.15) is 5.82 Å². The molecular weight excluding hydrogens is 353 g/mol. The molecule has 0 aromatic heterocycles. The third-order valence-electron chi connectivity index (χ3n) is 3.60. The summed E-state index contributed by atoms with van der Waals surface area (Å²) < 4.78 is 14.5. The third-order valence-corrected chi connectivity index (χ3v) is 4.65. The zero-order valence-corrected chi connectivity index (χ0v) is 14.6. The van der Waals surface area contributed by atoms with Crippen LogP contribution in [0.4, 0.5) is 4.39 Å². The van der Waals surface area contributed by atoms with Crippen LogP contribution in [0.5, 0.6) is 0 Å². The second-order valence-electron chi connectivity index (χ2n) is 5.11. The van der Waals surface area contributed by atoms with Gasteiger partial charge < -0.3 is 5.32 Å². The fourth-order valence-corrected chi connectivity index (χ4v) is 3.15. The van der Waals surface area contributed by atoms with Crippen molar-refractivity contribution >= 4 is 27.5 Å². The number of hydrogen-bond donors (Lipinski definition) is 1. The predicted molar refractivity (Wildman–Crippen MR) is 90.5 cm³/mol. The molecule has 0 heterocycles. The smallest absolute Gasteiger partial charge is 0.123 e. The van der Waals surface area contributed by atoms with Crippen LogP contribution >= 0.6 is 27.5 Å². The summed E-state index contributed by atoms with van der Waals surface area (Å²) in [7, 11) is 0. The monoisotopic (exact) mass is 369 g/mol. The van der Waals surface area contributed by atoms with E-state index in [0.717, 1.165) is 27.7 Å².